The second-order valence-electron chi connectivity index (χ2n) is 3.63. The Morgan fingerprint density at radius 3 is 2.95 bits per heavy atom. The summed E-state index contributed by atoms with van der Waals surface area (Å²) >= 11 is 3.04. The third kappa shape index (κ3) is 2.66. The molecule has 1 heterocycles. The van der Waals surface area contributed by atoms with E-state index in [1.807, 2.05) is 0 Å². The van der Waals surface area contributed by atoms with Gasteiger partial charge in [-0.25, -0.2) is 14.2 Å². The number of ether oxygens (including phenoxy) is 1. The third-order valence-corrected chi connectivity index (χ3v) is 2.97. The van der Waals surface area contributed by atoms with Gasteiger partial charge in [-0.2, -0.15) is 0 Å². The van der Waals surface area contributed by atoms with Crippen LogP contribution in [0.25, 0.3) is 11.5 Å². The van der Waals surface area contributed by atoms with Crippen LogP contribution in [0.5, 0.6) is 0 Å². The summed E-state index contributed by atoms with van der Waals surface area (Å²) < 4.78 is 24.1. The molecule has 0 saturated carbocycles. The number of oxazole rings is 1. The lowest BCUT2D eigenvalue weighted by Crippen LogP contribution is -2.00. The first kappa shape index (κ1) is 13.7. The maximum atomic E-state index is 13.9. The number of methoxy groups -OCH3 is 1. The highest BCUT2D eigenvalue weighted by Crippen LogP contribution is 2.29. The number of rotatable bonds is 4. The molecule has 0 aliphatic heterocycles. The van der Waals surface area contributed by atoms with Gasteiger partial charge in [0.25, 0.3) is 0 Å². The maximum Gasteiger partial charge on any atom is 0.373 e. The molecule has 0 unspecified atom stereocenters. The van der Waals surface area contributed by atoms with E-state index in [1.165, 1.54) is 19.2 Å². The van der Waals surface area contributed by atoms with Crippen LogP contribution >= 0.6 is 15.9 Å². The number of carboxylic acids is 1. The quantitative estimate of drug-likeness (QED) is 0.933. The summed E-state index contributed by atoms with van der Waals surface area (Å²) in [5.74, 6) is -2.29. The third-order valence-electron chi connectivity index (χ3n) is 2.35. The van der Waals surface area contributed by atoms with E-state index >= 15 is 0 Å². The fourth-order valence-electron chi connectivity index (χ4n) is 1.54. The lowest BCUT2D eigenvalue weighted by Gasteiger charge is -1.99. The first-order chi connectivity index (χ1) is 9.04. The molecule has 0 bridgehead atoms. The van der Waals surface area contributed by atoms with E-state index in [0.29, 0.717) is 0 Å². The first-order valence-electron chi connectivity index (χ1n) is 5.21. The number of carbonyl (C=O) groups is 1. The van der Waals surface area contributed by atoms with Gasteiger partial charge in [0.15, 0.2) is 0 Å². The lowest BCUT2D eigenvalue weighted by molar-refractivity contribution is 0.0656. The summed E-state index contributed by atoms with van der Waals surface area (Å²) in [6.07, 6.45) is 0. The number of halogens is 2. The minimum absolute atomic E-state index is 0.0270. The molecule has 0 fully saturated rings. The van der Waals surface area contributed by atoms with Gasteiger partial charge in [-0.3, -0.25) is 0 Å². The Morgan fingerprint density at radius 2 is 2.32 bits per heavy atom. The molecule has 0 aliphatic carbocycles. The van der Waals surface area contributed by atoms with Crippen LogP contribution in [0.4, 0.5) is 4.39 Å². The largest absolute Gasteiger partial charge is 0.475 e. The summed E-state index contributed by atoms with van der Waals surface area (Å²) in [4.78, 5) is 15.0. The number of benzene rings is 1. The molecule has 0 atom stereocenters. The molecule has 100 valence electrons. The molecule has 7 heteroatoms. The monoisotopic (exact) mass is 329 g/mol. The number of aromatic carboxylic acids is 1. The van der Waals surface area contributed by atoms with E-state index in [9.17, 15) is 9.18 Å². The number of hydrogen-bond acceptors (Lipinski definition) is 4. The molecule has 19 heavy (non-hydrogen) atoms. The van der Waals surface area contributed by atoms with Crippen molar-refractivity contribution in [1.29, 1.82) is 0 Å². The van der Waals surface area contributed by atoms with E-state index < -0.39 is 11.8 Å². The van der Waals surface area contributed by atoms with E-state index in [0.717, 1.165) is 0 Å². The topological polar surface area (TPSA) is 72.6 Å². The molecule has 0 amide bonds. The maximum absolute atomic E-state index is 13.9. The molecule has 0 spiro atoms. The van der Waals surface area contributed by atoms with Crippen molar-refractivity contribution in [3.63, 3.8) is 0 Å². The van der Waals surface area contributed by atoms with Crippen LogP contribution < -0.4 is 0 Å². The predicted octanol–water partition coefficient (Wildman–Crippen LogP) is 3.09. The van der Waals surface area contributed by atoms with Gasteiger partial charge < -0.3 is 14.3 Å². The van der Waals surface area contributed by atoms with Crippen molar-refractivity contribution in [2.75, 3.05) is 7.11 Å². The lowest BCUT2D eigenvalue weighted by atomic mass is 10.2. The van der Waals surface area contributed by atoms with E-state index in [2.05, 4.69) is 20.9 Å². The summed E-state index contributed by atoms with van der Waals surface area (Å²) in [6, 6.07) is 4.58. The van der Waals surface area contributed by atoms with Crippen LogP contribution in [-0.4, -0.2) is 23.2 Å². The van der Waals surface area contributed by atoms with Gasteiger partial charge in [-0.05, 0) is 28.1 Å². The highest BCUT2D eigenvalue weighted by atomic mass is 79.9. The van der Waals surface area contributed by atoms with Crippen molar-refractivity contribution in [1.82, 2.24) is 4.98 Å². The zero-order valence-corrected chi connectivity index (χ0v) is 11.4. The number of nitrogens with zero attached hydrogens (tertiary/aromatic N) is 1. The molecular formula is C12H9BrFNO4. The van der Waals surface area contributed by atoms with Crippen LogP contribution in [0.1, 0.15) is 16.2 Å². The van der Waals surface area contributed by atoms with Gasteiger partial charge in [0.1, 0.15) is 11.5 Å². The van der Waals surface area contributed by atoms with Crippen molar-refractivity contribution < 1.29 is 23.4 Å². The molecule has 0 saturated heterocycles. The Labute approximate surface area is 116 Å². The SMILES string of the molecule is COCc1nc(-c2cccc(Br)c2F)oc1C(=O)O. The summed E-state index contributed by atoms with van der Waals surface area (Å²) in [5, 5.41) is 8.98. The van der Waals surface area contributed by atoms with Crippen LogP contribution in [-0.2, 0) is 11.3 Å². The molecule has 1 aromatic heterocycles. The minimum atomic E-state index is -1.28. The molecular weight excluding hydrogens is 321 g/mol. The number of hydrogen-bond donors (Lipinski definition) is 1. The fraction of sp³-hybridized carbons (Fsp3) is 0.167. The Balaban J connectivity index is 2.54. The highest BCUT2D eigenvalue weighted by molar-refractivity contribution is 9.10. The standard InChI is InChI=1S/C12H9BrFNO4/c1-18-5-8-10(12(16)17)19-11(15-8)6-3-2-4-7(13)9(6)14/h2-4H,5H2,1H3,(H,16,17). The Morgan fingerprint density at radius 1 is 1.58 bits per heavy atom. The van der Waals surface area contributed by atoms with Crippen molar-refractivity contribution >= 4 is 21.9 Å². The second-order valence-corrected chi connectivity index (χ2v) is 4.49. The Kier molecular flexibility index (Phi) is 3.96. The van der Waals surface area contributed by atoms with Gasteiger partial charge in [-0.15, -0.1) is 0 Å². The second kappa shape index (κ2) is 5.50. The van der Waals surface area contributed by atoms with Crippen molar-refractivity contribution in [2.24, 2.45) is 0 Å². The molecule has 0 aliphatic rings. The molecule has 2 rings (SSSR count). The number of aromatic nitrogens is 1. The van der Waals surface area contributed by atoms with Crippen LogP contribution in [0.3, 0.4) is 0 Å². The van der Waals surface area contributed by atoms with Gasteiger partial charge in [0.2, 0.25) is 11.7 Å². The fourth-order valence-corrected chi connectivity index (χ4v) is 1.90. The smallest absolute Gasteiger partial charge is 0.373 e. The highest BCUT2D eigenvalue weighted by Gasteiger charge is 2.22. The molecule has 1 N–H and O–H groups in total. The van der Waals surface area contributed by atoms with Crippen molar-refractivity contribution in [3.05, 3.63) is 39.9 Å². The van der Waals surface area contributed by atoms with Crippen LogP contribution in [0.2, 0.25) is 0 Å². The van der Waals surface area contributed by atoms with E-state index in [-0.39, 0.29) is 34.0 Å². The Hall–Kier alpha value is -1.73. The molecule has 1 aromatic carbocycles. The van der Waals surface area contributed by atoms with E-state index in [1.54, 1.807) is 6.07 Å². The predicted molar refractivity (Wildman–Crippen MR) is 67.3 cm³/mol. The molecule has 0 radical (unpaired) electrons. The summed E-state index contributed by atoms with van der Waals surface area (Å²) in [7, 11) is 1.40. The zero-order chi connectivity index (χ0) is 14.0. The van der Waals surface area contributed by atoms with Gasteiger partial charge in [0, 0.05) is 7.11 Å². The number of carboxylic acid groups (broad SMARTS) is 1. The first-order valence-corrected chi connectivity index (χ1v) is 6.00. The summed E-state index contributed by atoms with van der Waals surface area (Å²) in [6.45, 7) is -0.0270. The molecule has 5 nitrogen and oxygen atoms in total. The average Bonchev–Trinajstić information content (AvgIpc) is 2.77. The van der Waals surface area contributed by atoms with Gasteiger partial charge in [-0.1, -0.05) is 6.07 Å². The zero-order valence-electron chi connectivity index (χ0n) is 9.81. The van der Waals surface area contributed by atoms with Crippen LogP contribution in [0, 0.1) is 5.82 Å². The molecule has 2 aromatic rings. The van der Waals surface area contributed by atoms with Crippen molar-refractivity contribution in [3.8, 4) is 11.5 Å². The van der Waals surface area contributed by atoms with Crippen LogP contribution in [0.15, 0.2) is 27.1 Å². The Bertz CT molecular complexity index is 626. The summed E-state index contributed by atoms with van der Waals surface area (Å²) in [5.41, 5.74) is 0.198. The van der Waals surface area contributed by atoms with E-state index in [4.69, 9.17) is 14.3 Å². The van der Waals surface area contributed by atoms with Gasteiger partial charge >= 0.3 is 5.97 Å². The van der Waals surface area contributed by atoms with Crippen molar-refractivity contribution in [2.45, 2.75) is 6.61 Å². The average molecular weight is 330 g/mol. The normalized spacial score (nSPS) is 10.7. The minimum Gasteiger partial charge on any atom is -0.475 e. The van der Waals surface area contributed by atoms with Gasteiger partial charge in [0.05, 0.1) is 16.6 Å².